The molecule has 1 aromatic carbocycles. The highest BCUT2D eigenvalue weighted by molar-refractivity contribution is 5.93. The Morgan fingerprint density at radius 1 is 1.33 bits per heavy atom. The summed E-state index contributed by atoms with van der Waals surface area (Å²) in [5.74, 6) is -0.914. The third kappa shape index (κ3) is 1.79. The molecule has 1 N–H and O–H groups in total. The monoisotopic (exact) mass is 245 g/mol. The SMILES string of the molecule is CC(C)c1cccc2c(=O)c(C(=O)O)cn(C)c12. The molecule has 1 heterocycles. The molecule has 94 valence electrons. The minimum Gasteiger partial charge on any atom is -0.477 e. The van der Waals surface area contributed by atoms with Crippen LogP contribution in [0.25, 0.3) is 10.9 Å². The Kier molecular flexibility index (Phi) is 2.95. The molecule has 0 atom stereocenters. The van der Waals surface area contributed by atoms with Gasteiger partial charge >= 0.3 is 5.97 Å². The average molecular weight is 245 g/mol. The second-order valence-electron chi connectivity index (χ2n) is 4.69. The van der Waals surface area contributed by atoms with E-state index in [4.69, 9.17) is 5.11 Å². The number of aromatic carboxylic acids is 1. The van der Waals surface area contributed by atoms with E-state index >= 15 is 0 Å². The summed E-state index contributed by atoms with van der Waals surface area (Å²) in [5, 5.41) is 9.48. The molecule has 0 radical (unpaired) electrons. The van der Waals surface area contributed by atoms with Crippen molar-refractivity contribution in [2.75, 3.05) is 0 Å². The Balaban J connectivity index is 2.97. The van der Waals surface area contributed by atoms with Crippen LogP contribution in [0.1, 0.15) is 35.7 Å². The van der Waals surface area contributed by atoms with Gasteiger partial charge in [0.25, 0.3) is 0 Å². The smallest absolute Gasteiger partial charge is 0.341 e. The predicted molar refractivity (Wildman–Crippen MR) is 70.2 cm³/mol. The lowest BCUT2D eigenvalue weighted by atomic mass is 9.98. The van der Waals surface area contributed by atoms with Gasteiger partial charge in [0.15, 0.2) is 0 Å². The summed E-state index contributed by atoms with van der Waals surface area (Å²) < 4.78 is 1.72. The predicted octanol–water partition coefficient (Wildman–Crippen LogP) is 2.36. The van der Waals surface area contributed by atoms with Crippen LogP contribution in [0.5, 0.6) is 0 Å². The summed E-state index contributed by atoms with van der Waals surface area (Å²) >= 11 is 0. The topological polar surface area (TPSA) is 59.3 Å². The molecule has 0 saturated heterocycles. The number of carbonyl (C=O) groups is 1. The van der Waals surface area contributed by atoms with Crippen LogP contribution in [0.3, 0.4) is 0 Å². The van der Waals surface area contributed by atoms with E-state index in [9.17, 15) is 9.59 Å². The van der Waals surface area contributed by atoms with E-state index < -0.39 is 11.4 Å². The fourth-order valence-electron chi connectivity index (χ4n) is 2.22. The number of benzene rings is 1. The van der Waals surface area contributed by atoms with Gasteiger partial charge in [-0.05, 0) is 17.5 Å². The lowest BCUT2D eigenvalue weighted by molar-refractivity contribution is 0.0695. The van der Waals surface area contributed by atoms with Gasteiger partial charge in [0, 0.05) is 18.6 Å². The van der Waals surface area contributed by atoms with Gasteiger partial charge in [-0.3, -0.25) is 4.79 Å². The molecule has 2 rings (SSSR count). The number of nitrogens with zero attached hydrogens (tertiary/aromatic N) is 1. The number of hydrogen-bond acceptors (Lipinski definition) is 2. The van der Waals surface area contributed by atoms with Crippen LogP contribution in [0.2, 0.25) is 0 Å². The van der Waals surface area contributed by atoms with Crippen molar-refractivity contribution in [3.63, 3.8) is 0 Å². The number of fused-ring (bicyclic) bond motifs is 1. The number of para-hydroxylation sites is 1. The van der Waals surface area contributed by atoms with Crippen LogP contribution in [-0.4, -0.2) is 15.6 Å². The molecule has 0 spiro atoms. The minimum atomic E-state index is -1.19. The third-order valence-corrected chi connectivity index (χ3v) is 3.08. The largest absolute Gasteiger partial charge is 0.477 e. The van der Waals surface area contributed by atoms with Crippen molar-refractivity contribution in [2.45, 2.75) is 19.8 Å². The molecule has 18 heavy (non-hydrogen) atoms. The second-order valence-corrected chi connectivity index (χ2v) is 4.69. The van der Waals surface area contributed by atoms with Crippen molar-refractivity contribution in [3.05, 3.63) is 45.7 Å². The normalized spacial score (nSPS) is 11.1. The van der Waals surface area contributed by atoms with Gasteiger partial charge in [-0.25, -0.2) is 4.79 Å². The molecule has 1 aromatic heterocycles. The quantitative estimate of drug-likeness (QED) is 0.883. The van der Waals surface area contributed by atoms with Gasteiger partial charge < -0.3 is 9.67 Å². The van der Waals surface area contributed by atoms with Gasteiger partial charge in [0.1, 0.15) is 5.56 Å². The van der Waals surface area contributed by atoms with Crippen molar-refractivity contribution in [1.29, 1.82) is 0 Å². The van der Waals surface area contributed by atoms with Crippen molar-refractivity contribution in [2.24, 2.45) is 7.05 Å². The summed E-state index contributed by atoms with van der Waals surface area (Å²) in [6, 6.07) is 5.44. The lowest BCUT2D eigenvalue weighted by Crippen LogP contribution is -2.18. The first-order valence-electron chi connectivity index (χ1n) is 5.79. The maximum absolute atomic E-state index is 12.1. The summed E-state index contributed by atoms with van der Waals surface area (Å²) in [4.78, 5) is 23.1. The maximum Gasteiger partial charge on any atom is 0.341 e. The molecule has 4 nitrogen and oxygen atoms in total. The molecule has 0 unspecified atom stereocenters. The van der Waals surface area contributed by atoms with E-state index in [-0.39, 0.29) is 11.5 Å². The van der Waals surface area contributed by atoms with Gasteiger partial charge in [-0.15, -0.1) is 0 Å². The zero-order valence-corrected chi connectivity index (χ0v) is 10.6. The molecule has 0 fully saturated rings. The van der Waals surface area contributed by atoms with Crippen LogP contribution >= 0.6 is 0 Å². The number of hydrogen-bond donors (Lipinski definition) is 1. The first-order valence-corrected chi connectivity index (χ1v) is 5.79. The van der Waals surface area contributed by atoms with Crippen molar-refractivity contribution < 1.29 is 9.90 Å². The van der Waals surface area contributed by atoms with Crippen LogP contribution in [0.4, 0.5) is 0 Å². The van der Waals surface area contributed by atoms with E-state index in [1.807, 2.05) is 19.9 Å². The highest BCUT2D eigenvalue weighted by Gasteiger charge is 2.15. The molecule has 2 aromatic rings. The highest BCUT2D eigenvalue weighted by atomic mass is 16.4. The third-order valence-electron chi connectivity index (χ3n) is 3.08. The van der Waals surface area contributed by atoms with Crippen molar-refractivity contribution in [1.82, 2.24) is 4.57 Å². The lowest BCUT2D eigenvalue weighted by Gasteiger charge is -2.14. The number of aryl methyl sites for hydroxylation is 1. The van der Waals surface area contributed by atoms with Crippen LogP contribution < -0.4 is 5.43 Å². The number of aromatic nitrogens is 1. The van der Waals surface area contributed by atoms with Crippen LogP contribution in [0, 0.1) is 0 Å². The number of rotatable bonds is 2. The van der Waals surface area contributed by atoms with E-state index in [0.29, 0.717) is 5.39 Å². The Morgan fingerprint density at radius 3 is 2.56 bits per heavy atom. The fraction of sp³-hybridized carbons (Fsp3) is 0.286. The van der Waals surface area contributed by atoms with Crippen molar-refractivity contribution >= 4 is 16.9 Å². The number of carboxylic acid groups (broad SMARTS) is 1. The summed E-state index contributed by atoms with van der Waals surface area (Å²) in [5.41, 5.74) is 1.25. The highest BCUT2D eigenvalue weighted by Crippen LogP contribution is 2.23. The summed E-state index contributed by atoms with van der Waals surface area (Å²) in [7, 11) is 1.76. The molecular weight excluding hydrogens is 230 g/mol. The fourth-order valence-corrected chi connectivity index (χ4v) is 2.22. The zero-order valence-electron chi connectivity index (χ0n) is 10.6. The van der Waals surface area contributed by atoms with Crippen LogP contribution in [-0.2, 0) is 7.05 Å². The van der Waals surface area contributed by atoms with E-state index in [1.54, 1.807) is 23.7 Å². The zero-order chi connectivity index (χ0) is 13.4. The molecule has 0 saturated carbocycles. The molecule has 4 heteroatoms. The number of pyridine rings is 1. The molecule has 0 aliphatic carbocycles. The molecule has 0 aliphatic heterocycles. The molecule has 0 bridgehead atoms. The van der Waals surface area contributed by atoms with Gasteiger partial charge in [0.2, 0.25) is 5.43 Å². The summed E-state index contributed by atoms with van der Waals surface area (Å²) in [6.45, 7) is 4.09. The average Bonchev–Trinajstić information content (AvgIpc) is 2.32. The minimum absolute atomic E-state index is 0.189. The summed E-state index contributed by atoms with van der Waals surface area (Å²) in [6.07, 6.45) is 1.39. The van der Waals surface area contributed by atoms with Crippen molar-refractivity contribution in [3.8, 4) is 0 Å². The van der Waals surface area contributed by atoms with Gasteiger partial charge in [0.05, 0.1) is 5.52 Å². The first-order chi connectivity index (χ1) is 8.43. The van der Waals surface area contributed by atoms with Gasteiger partial charge in [-0.1, -0.05) is 26.0 Å². The molecule has 0 amide bonds. The second kappa shape index (κ2) is 4.29. The Bertz CT molecular complexity index is 683. The van der Waals surface area contributed by atoms with E-state index in [2.05, 4.69) is 0 Å². The van der Waals surface area contributed by atoms with E-state index in [1.165, 1.54) is 6.20 Å². The Hall–Kier alpha value is -2.10. The molecule has 0 aliphatic rings. The first kappa shape index (κ1) is 12.4. The van der Waals surface area contributed by atoms with Gasteiger partial charge in [-0.2, -0.15) is 0 Å². The Morgan fingerprint density at radius 2 is 2.00 bits per heavy atom. The maximum atomic E-state index is 12.1. The molecular formula is C14H15NO3. The number of carboxylic acids is 1. The van der Waals surface area contributed by atoms with E-state index in [0.717, 1.165) is 11.1 Å². The standard InChI is InChI=1S/C14H15NO3/c1-8(2)9-5-4-6-10-12(9)15(3)7-11(13(10)16)14(17)18/h4-8H,1-3H3,(H,17,18). The van der Waals surface area contributed by atoms with Crippen LogP contribution in [0.15, 0.2) is 29.2 Å². The Labute approximate surface area is 104 Å².